The van der Waals surface area contributed by atoms with E-state index < -0.39 is 16.1 Å². The molecule has 3 N–H and O–H groups in total. The Morgan fingerprint density at radius 3 is 2.19 bits per heavy atom. The Morgan fingerprint density at radius 1 is 1.05 bits per heavy atom. The summed E-state index contributed by atoms with van der Waals surface area (Å²) in [5, 5.41) is 11.9. The van der Waals surface area contributed by atoms with Crippen molar-refractivity contribution in [1.29, 1.82) is 0 Å². The van der Waals surface area contributed by atoms with E-state index in [4.69, 9.17) is 5.11 Å². The van der Waals surface area contributed by atoms with Crippen molar-refractivity contribution >= 4 is 16.1 Å². The van der Waals surface area contributed by atoms with Gasteiger partial charge in [-0.05, 0) is 37.1 Å². The van der Waals surface area contributed by atoms with Gasteiger partial charge in [0.15, 0.2) is 0 Å². The summed E-state index contributed by atoms with van der Waals surface area (Å²) >= 11 is 0. The molecular formula is C14H20N2O4S. The molecule has 0 radical (unpaired) electrons. The van der Waals surface area contributed by atoms with Crippen molar-refractivity contribution in [2.24, 2.45) is 0 Å². The minimum Gasteiger partial charge on any atom is -0.508 e. The first kappa shape index (κ1) is 15.6. The number of hydrogen-bond acceptors (Lipinski definition) is 4. The first-order chi connectivity index (χ1) is 9.97. The van der Waals surface area contributed by atoms with Gasteiger partial charge in [0.1, 0.15) is 5.75 Å². The van der Waals surface area contributed by atoms with Gasteiger partial charge in [0.2, 0.25) is 0 Å². The maximum absolute atomic E-state index is 12.0. The minimum atomic E-state index is -3.91. The van der Waals surface area contributed by atoms with Gasteiger partial charge < -0.3 is 10.4 Å². The van der Waals surface area contributed by atoms with Crippen molar-refractivity contribution in [2.45, 2.75) is 49.5 Å². The molecule has 0 atom stereocenters. The van der Waals surface area contributed by atoms with E-state index >= 15 is 0 Å². The predicted octanol–water partition coefficient (Wildman–Crippen LogP) is 2.10. The number of aromatic hydroxyl groups is 1. The van der Waals surface area contributed by atoms with Crippen molar-refractivity contribution in [3.05, 3.63) is 24.3 Å². The molecule has 7 heteroatoms. The number of rotatable bonds is 3. The summed E-state index contributed by atoms with van der Waals surface area (Å²) in [5.41, 5.74) is 0. The number of carbonyl (C=O) groups is 1. The molecular weight excluding hydrogens is 292 g/mol. The molecule has 1 fully saturated rings. The van der Waals surface area contributed by atoms with Crippen LogP contribution >= 0.6 is 0 Å². The van der Waals surface area contributed by atoms with E-state index in [-0.39, 0.29) is 16.7 Å². The van der Waals surface area contributed by atoms with Gasteiger partial charge in [-0.3, -0.25) is 0 Å². The molecule has 2 rings (SSSR count). The molecule has 21 heavy (non-hydrogen) atoms. The number of nitrogens with one attached hydrogen (secondary N) is 2. The van der Waals surface area contributed by atoms with E-state index in [1.165, 1.54) is 24.3 Å². The summed E-state index contributed by atoms with van der Waals surface area (Å²) < 4.78 is 26.0. The van der Waals surface area contributed by atoms with Crippen LogP contribution in [0.1, 0.15) is 38.5 Å². The number of phenols is 1. The zero-order valence-corrected chi connectivity index (χ0v) is 12.5. The lowest BCUT2D eigenvalue weighted by Crippen LogP contribution is -2.44. The number of carbonyl (C=O) groups excluding carboxylic acids is 1. The molecule has 1 saturated carbocycles. The SMILES string of the molecule is O=C(NC1CCCCCC1)NS(=O)(=O)c1ccc(O)cc1. The van der Waals surface area contributed by atoms with Crippen LogP contribution < -0.4 is 10.0 Å². The lowest BCUT2D eigenvalue weighted by atomic mass is 10.1. The molecule has 1 aliphatic rings. The van der Waals surface area contributed by atoms with Crippen LogP contribution in [0.25, 0.3) is 0 Å². The predicted molar refractivity (Wildman–Crippen MR) is 78.5 cm³/mol. The highest BCUT2D eigenvalue weighted by atomic mass is 32.2. The molecule has 0 bridgehead atoms. The van der Waals surface area contributed by atoms with Crippen molar-refractivity contribution < 1.29 is 18.3 Å². The van der Waals surface area contributed by atoms with E-state index in [2.05, 4.69) is 5.32 Å². The molecule has 116 valence electrons. The average Bonchev–Trinajstić information content (AvgIpc) is 2.67. The van der Waals surface area contributed by atoms with Crippen molar-refractivity contribution in [3.63, 3.8) is 0 Å². The standard InChI is InChI=1S/C14H20N2O4S/c17-12-7-9-13(10-8-12)21(19,20)16-14(18)15-11-5-3-1-2-4-6-11/h7-11,17H,1-6H2,(H2,15,16,18). The summed E-state index contributed by atoms with van der Waals surface area (Å²) in [7, 11) is -3.91. The van der Waals surface area contributed by atoms with Gasteiger partial charge in [-0.15, -0.1) is 0 Å². The second kappa shape index (κ2) is 6.80. The second-order valence-corrected chi connectivity index (χ2v) is 6.94. The van der Waals surface area contributed by atoms with Crippen molar-refractivity contribution in [3.8, 4) is 5.75 Å². The highest BCUT2D eigenvalue weighted by Gasteiger charge is 2.20. The number of benzene rings is 1. The largest absolute Gasteiger partial charge is 0.508 e. The van der Waals surface area contributed by atoms with Crippen molar-refractivity contribution in [2.75, 3.05) is 0 Å². The topological polar surface area (TPSA) is 95.5 Å². The second-order valence-electron chi connectivity index (χ2n) is 5.26. The number of amides is 2. The lowest BCUT2D eigenvalue weighted by Gasteiger charge is -2.16. The van der Waals surface area contributed by atoms with Gasteiger partial charge in [-0.2, -0.15) is 0 Å². The Kier molecular flexibility index (Phi) is 5.06. The fourth-order valence-electron chi connectivity index (χ4n) is 2.44. The van der Waals surface area contributed by atoms with E-state index in [9.17, 15) is 13.2 Å². The summed E-state index contributed by atoms with van der Waals surface area (Å²) in [4.78, 5) is 11.8. The van der Waals surface area contributed by atoms with Gasteiger partial charge in [-0.25, -0.2) is 17.9 Å². The Hall–Kier alpha value is -1.76. The van der Waals surface area contributed by atoms with Gasteiger partial charge in [0.25, 0.3) is 10.0 Å². The molecule has 0 heterocycles. The van der Waals surface area contributed by atoms with Gasteiger partial charge >= 0.3 is 6.03 Å². The first-order valence-electron chi connectivity index (χ1n) is 7.10. The van der Waals surface area contributed by atoms with E-state index in [1.54, 1.807) is 0 Å². The van der Waals surface area contributed by atoms with Crippen LogP contribution in [-0.2, 0) is 10.0 Å². The van der Waals surface area contributed by atoms with Crippen LogP contribution in [0, 0.1) is 0 Å². The molecule has 0 aliphatic heterocycles. The Bertz CT molecular complexity index is 575. The smallest absolute Gasteiger partial charge is 0.328 e. The molecule has 2 amide bonds. The monoisotopic (exact) mass is 312 g/mol. The highest BCUT2D eigenvalue weighted by Crippen LogP contribution is 2.17. The highest BCUT2D eigenvalue weighted by molar-refractivity contribution is 7.90. The third-order valence-corrected chi connectivity index (χ3v) is 4.91. The fourth-order valence-corrected chi connectivity index (χ4v) is 3.36. The number of sulfonamides is 1. The zero-order valence-electron chi connectivity index (χ0n) is 11.7. The van der Waals surface area contributed by atoms with Crippen LogP contribution in [0.4, 0.5) is 4.79 Å². The summed E-state index contributed by atoms with van der Waals surface area (Å²) in [6, 6.07) is 4.35. The molecule has 1 aromatic rings. The van der Waals surface area contributed by atoms with Crippen LogP contribution in [0.15, 0.2) is 29.2 Å². The average molecular weight is 312 g/mol. The molecule has 0 unspecified atom stereocenters. The quantitative estimate of drug-likeness (QED) is 0.745. The van der Waals surface area contributed by atoms with Crippen molar-refractivity contribution in [1.82, 2.24) is 10.0 Å². The minimum absolute atomic E-state index is 0.0301. The molecule has 1 aliphatic carbocycles. The van der Waals surface area contributed by atoms with Gasteiger partial charge in [0, 0.05) is 6.04 Å². The molecule has 0 aromatic heterocycles. The normalized spacial score (nSPS) is 17.0. The van der Waals surface area contributed by atoms with Gasteiger partial charge in [0.05, 0.1) is 4.90 Å². The Morgan fingerprint density at radius 2 is 1.62 bits per heavy atom. The van der Waals surface area contributed by atoms with Gasteiger partial charge in [-0.1, -0.05) is 25.7 Å². The Balaban J connectivity index is 1.96. The zero-order chi connectivity index (χ0) is 15.3. The molecule has 6 nitrogen and oxygen atoms in total. The molecule has 0 spiro atoms. The van der Waals surface area contributed by atoms with E-state index in [0.29, 0.717) is 0 Å². The summed E-state index contributed by atoms with van der Waals surface area (Å²) in [5.74, 6) is -0.0307. The summed E-state index contributed by atoms with van der Waals surface area (Å²) in [6.45, 7) is 0. The third kappa shape index (κ3) is 4.63. The van der Waals surface area contributed by atoms with E-state index in [0.717, 1.165) is 38.5 Å². The van der Waals surface area contributed by atoms with Crippen LogP contribution in [0.2, 0.25) is 0 Å². The Labute approximate surface area is 124 Å². The van der Waals surface area contributed by atoms with E-state index in [1.807, 2.05) is 4.72 Å². The lowest BCUT2D eigenvalue weighted by molar-refractivity contribution is 0.240. The summed E-state index contributed by atoms with van der Waals surface area (Å²) in [6.07, 6.45) is 6.18. The first-order valence-corrected chi connectivity index (χ1v) is 8.58. The number of hydrogen-bond donors (Lipinski definition) is 3. The number of phenolic OH excluding ortho intramolecular Hbond substituents is 1. The van der Waals surface area contributed by atoms with Crippen LogP contribution in [0.5, 0.6) is 5.75 Å². The fraction of sp³-hybridized carbons (Fsp3) is 0.500. The molecule has 1 aromatic carbocycles. The maximum Gasteiger partial charge on any atom is 0.328 e. The maximum atomic E-state index is 12.0. The number of urea groups is 1. The molecule has 0 saturated heterocycles. The third-order valence-electron chi connectivity index (χ3n) is 3.56. The van der Waals surface area contributed by atoms with Crippen LogP contribution in [0.3, 0.4) is 0 Å². The van der Waals surface area contributed by atoms with Crippen LogP contribution in [-0.4, -0.2) is 25.6 Å².